The molecule has 0 radical (unpaired) electrons. The van der Waals surface area contributed by atoms with E-state index in [9.17, 15) is 23.9 Å². The molecule has 5 aliphatic rings. The Bertz CT molecular complexity index is 1370. The maximum absolute atomic E-state index is 14.6. The number of hydrogen-bond donors (Lipinski definition) is 2. The fraction of sp³-hybridized carbons (Fsp3) is 0.615. The first-order valence-electron chi connectivity index (χ1n) is 13.1. The topological polar surface area (TPSA) is 155 Å². The summed E-state index contributed by atoms with van der Waals surface area (Å²) in [4.78, 5) is 49.4. The number of aromatic nitrogens is 4. The van der Waals surface area contributed by atoms with Gasteiger partial charge in [0.05, 0.1) is 25.0 Å². The van der Waals surface area contributed by atoms with Crippen molar-refractivity contribution >= 4 is 34.8 Å². The van der Waals surface area contributed by atoms with Crippen LogP contribution < -0.4 is 5.32 Å². The molecule has 2 aromatic rings. The lowest BCUT2D eigenvalue weighted by Gasteiger charge is -2.45. The number of hydrogen-bond acceptors (Lipinski definition) is 10. The van der Waals surface area contributed by atoms with Crippen LogP contribution in [-0.2, 0) is 28.6 Å². The van der Waals surface area contributed by atoms with Gasteiger partial charge in [0.15, 0.2) is 34.8 Å². The zero-order chi connectivity index (χ0) is 27.4. The van der Waals surface area contributed by atoms with Crippen molar-refractivity contribution in [1.82, 2.24) is 19.5 Å². The van der Waals surface area contributed by atoms with Gasteiger partial charge in [-0.15, -0.1) is 6.42 Å². The van der Waals surface area contributed by atoms with E-state index in [0.717, 1.165) is 38.5 Å². The summed E-state index contributed by atoms with van der Waals surface area (Å²) in [6.07, 6.45) is 9.27. The van der Waals surface area contributed by atoms with Crippen LogP contribution in [0.3, 0.4) is 0 Å². The average molecular weight is 542 g/mol. The summed E-state index contributed by atoms with van der Waals surface area (Å²) in [7, 11) is 0. The molecule has 12 nitrogen and oxygen atoms in total. The number of carbonyl (C=O) groups is 3. The SMILES string of the molecule is C#C[C@]1(CO)OCC(n2cnc3c(NC(=O)[C@H]4CCC(=O)O4)nc(F)nc32)[C@@H]1OC(=O)C12CCC(CC1)CC2. The van der Waals surface area contributed by atoms with Gasteiger partial charge in [0.2, 0.25) is 0 Å². The van der Waals surface area contributed by atoms with Crippen molar-refractivity contribution in [1.29, 1.82) is 0 Å². The average Bonchev–Trinajstić information content (AvgIpc) is 3.67. The summed E-state index contributed by atoms with van der Waals surface area (Å²) >= 11 is 0. The fourth-order valence-corrected chi connectivity index (χ4v) is 6.34. The van der Waals surface area contributed by atoms with E-state index >= 15 is 0 Å². The van der Waals surface area contributed by atoms with Gasteiger partial charge in [-0.3, -0.25) is 14.4 Å². The Hall–Kier alpha value is -3.63. The molecule has 2 aliphatic heterocycles. The van der Waals surface area contributed by atoms with E-state index in [0.29, 0.717) is 5.92 Å². The number of amides is 1. The van der Waals surface area contributed by atoms with Gasteiger partial charge in [0, 0.05) is 12.8 Å². The van der Waals surface area contributed by atoms with Crippen LogP contribution in [0.1, 0.15) is 57.4 Å². The van der Waals surface area contributed by atoms with E-state index in [-0.39, 0.29) is 42.4 Å². The first-order chi connectivity index (χ1) is 18.8. The van der Waals surface area contributed by atoms with Crippen LogP contribution in [0.5, 0.6) is 0 Å². The van der Waals surface area contributed by atoms with Crippen LogP contribution >= 0.6 is 0 Å². The molecule has 1 unspecified atom stereocenters. The zero-order valence-electron chi connectivity index (χ0n) is 21.1. The first kappa shape index (κ1) is 25.6. The van der Waals surface area contributed by atoms with Gasteiger partial charge in [-0.1, -0.05) is 5.92 Å². The summed E-state index contributed by atoms with van der Waals surface area (Å²) in [6, 6.07) is -0.799. The van der Waals surface area contributed by atoms with Crippen molar-refractivity contribution in [2.45, 2.75) is 75.2 Å². The molecule has 39 heavy (non-hydrogen) atoms. The van der Waals surface area contributed by atoms with E-state index in [1.165, 1.54) is 10.9 Å². The van der Waals surface area contributed by atoms with E-state index in [4.69, 9.17) is 20.6 Å². The van der Waals surface area contributed by atoms with Crippen molar-refractivity contribution in [3.63, 3.8) is 0 Å². The third-order valence-electron chi connectivity index (χ3n) is 8.73. The molecule has 3 saturated carbocycles. The number of nitrogens with zero attached hydrogens (tertiary/aromatic N) is 4. The predicted molar refractivity (Wildman–Crippen MR) is 130 cm³/mol. The minimum Gasteiger partial charge on any atom is -0.455 e. The maximum atomic E-state index is 14.6. The number of imidazole rings is 1. The van der Waals surface area contributed by atoms with Gasteiger partial charge < -0.3 is 29.2 Å². The van der Waals surface area contributed by atoms with Gasteiger partial charge >= 0.3 is 18.0 Å². The number of fused-ring (bicyclic) bond motifs is 4. The Kier molecular flexibility index (Phi) is 6.27. The third kappa shape index (κ3) is 4.22. The molecule has 2 bridgehead atoms. The minimum absolute atomic E-state index is 0.00188. The molecule has 13 heteroatoms. The van der Waals surface area contributed by atoms with Gasteiger partial charge in [0.1, 0.15) is 6.04 Å². The van der Waals surface area contributed by atoms with E-state index < -0.39 is 53.8 Å². The van der Waals surface area contributed by atoms with Crippen molar-refractivity contribution < 1.29 is 38.1 Å². The number of ether oxygens (including phenoxy) is 3. The predicted octanol–water partition coefficient (Wildman–Crippen LogP) is 1.43. The summed E-state index contributed by atoms with van der Waals surface area (Å²) in [5, 5.41) is 12.7. The molecule has 0 spiro atoms. The fourth-order valence-electron chi connectivity index (χ4n) is 6.34. The number of cyclic esters (lactones) is 1. The number of esters is 2. The van der Waals surface area contributed by atoms with Crippen LogP contribution in [0.2, 0.25) is 0 Å². The number of nitrogens with one attached hydrogen (secondary N) is 1. The number of aliphatic hydroxyl groups is 1. The molecule has 4 atom stereocenters. The van der Waals surface area contributed by atoms with Crippen LogP contribution in [-0.4, -0.2) is 73.5 Å². The Labute approximate surface area is 222 Å². The van der Waals surface area contributed by atoms with Crippen molar-refractivity contribution in [3.8, 4) is 12.3 Å². The second-order valence-corrected chi connectivity index (χ2v) is 10.8. The van der Waals surface area contributed by atoms with E-state index in [1.807, 2.05) is 0 Å². The number of halogens is 1. The van der Waals surface area contributed by atoms with Crippen LogP contribution in [0.4, 0.5) is 10.2 Å². The standard InChI is InChI=1S/C26H28FN5O7/c1-2-26(12-33)19(39-23(36)25-8-5-14(6-9-25)7-10-25)15(11-37-26)32-13-28-18-20(30-24(27)31-21(18)32)29-22(35)16-3-4-17(34)38-16/h1,13-16,19,33H,3-12H2,(H,29,30,31,35)/t14?,15?,16-,19+,25?,26-/m1/s1. The highest BCUT2D eigenvalue weighted by molar-refractivity contribution is 6.00. The first-order valence-corrected chi connectivity index (χ1v) is 13.1. The molecular formula is C26H28FN5O7. The van der Waals surface area contributed by atoms with Crippen molar-refractivity contribution in [2.75, 3.05) is 18.5 Å². The largest absolute Gasteiger partial charge is 0.455 e. The van der Waals surface area contributed by atoms with Crippen molar-refractivity contribution in [3.05, 3.63) is 12.4 Å². The van der Waals surface area contributed by atoms with Gasteiger partial charge in [-0.05, 0) is 44.4 Å². The normalized spacial score (nSPS) is 33.6. The monoisotopic (exact) mass is 541 g/mol. The quantitative estimate of drug-likeness (QED) is 0.312. The molecule has 7 rings (SSSR count). The number of rotatable bonds is 6. The van der Waals surface area contributed by atoms with Gasteiger partial charge in [-0.2, -0.15) is 14.4 Å². The molecule has 2 saturated heterocycles. The zero-order valence-corrected chi connectivity index (χ0v) is 21.1. The van der Waals surface area contributed by atoms with Gasteiger partial charge in [0.25, 0.3) is 5.91 Å². The Morgan fingerprint density at radius 3 is 2.64 bits per heavy atom. The second kappa shape index (κ2) is 9.53. The summed E-state index contributed by atoms with van der Waals surface area (Å²) < 4.78 is 32.9. The summed E-state index contributed by atoms with van der Waals surface area (Å²) in [5.41, 5.74) is -2.15. The molecule has 206 valence electrons. The Morgan fingerprint density at radius 2 is 2.00 bits per heavy atom. The highest BCUT2D eigenvalue weighted by atomic mass is 19.1. The van der Waals surface area contributed by atoms with E-state index in [1.54, 1.807) is 0 Å². The molecule has 2 aromatic heterocycles. The van der Waals surface area contributed by atoms with Gasteiger partial charge in [-0.25, -0.2) is 4.98 Å². The number of aliphatic hydroxyl groups excluding tert-OH is 1. The molecule has 5 fully saturated rings. The third-order valence-corrected chi connectivity index (χ3v) is 8.73. The van der Waals surface area contributed by atoms with Crippen LogP contribution in [0.15, 0.2) is 6.33 Å². The van der Waals surface area contributed by atoms with Crippen LogP contribution in [0.25, 0.3) is 11.2 Å². The Balaban J connectivity index is 1.32. The maximum Gasteiger partial charge on any atom is 0.312 e. The summed E-state index contributed by atoms with van der Waals surface area (Å²) in [5.74, 6) is 1.36. The second-order valence-electron chi connectivity index (χ2n) is 10.8. The molecule has 4 heterocycles. The number of anilines is 1. The molecule has 0 aromatic carbocycles. The Morgan fingerprint density at radius 1 is 1.26 bits per heavy atom. The lowest BCUT2D eigenvalue weighted by Crippen LogP contribution is -2.50. The molecule has 1 amide bonds. The smallest absolute Gasteiger partial charge is 0.312 e. The molecule has 2 N–H and O–H groups in total. The van der Waals surface area contributed by atoms with Crippen molar-refractivity contribution in [2.24, 2.45) is 11.3 Å². The molecular weight excluding hydrogens is 513 g/mol. The van der Waals surface area contributed by atoms with Crippen LogP contribution in [0, 0.1) is 29.8 Å². The highest BCUT2D eigenvalue weighted by Gasteiger charge is 2.56. The number of carbonyl (C=O) groups excluding carboxylic acids is 3. The number of terminal acetylenes is 1. The molecule has 3 aliphatic carbocycles. The minimum atomic E-state index is -1.62. The lowest BCUT2D eigenvalue weighted by molar-refractivity contribution is -0.177. The highest BCUT2D eigenvalue weighted by Crippen LogP contribution is 2.52. The lowest BCUT2D eigenvalue weighted by atomic mass is 9.61. The summed E-state index contributed by atoms with van der Waals surface area (Å²) in [6.45, 7) is -0.682. The van der Waals surface area contributed by atoms with E-state index in [2.05, 4.69) is 26.2 Å².